The van der Waals surface area contributed by atoms with Crippen molar-refractivity contribution in [3.63, 3.8) is 0 Å². The molecule has 9 heteroatoms. The van der Waals surface area contributed by atoms with E-state index >= 15 is 0 Å². The molecule has 4 fully saturated rings. The largest absolute Gasteiger partial charge is 0.573 e. The number of halogens is 3. The number of hydrogen-bond donors (Lipinski definition) is 2. The van der Waals surface area contributed by atoms with Gasteiger partial charge in [-0.3, -0.25) is 4.79 Å². The standard InChI is InChI=1S/C30H44F3N3O3/c1-18-11-14-29(17-38-3)19(15-18)7-8-20-21-9-10-23(28(21,2)13-12-22(20)29)25(37)16-36(35)24-5-4-6-26(27(24)34)39-30(31,32)33/h4-6,18-23H,7-17,34-35H2,1-3H3. The van der Waals surface area contributed by atoms with Gasteiger partial charge in [-0.1, -0.05) is 26.3 Å². The molecule has 218 valence electrons. The molecule has 8 atom stereocenters. The second-order valence-corrected chi connectivity index (χ2v) is 13.2. The first-order valence-electron chi connectivity index (χ1n) is 14.6. The fraction of sp³-hybridized carbons (Fsp3) is 0.767. The van der Waals surface area contributed by atoms with Gasteiger partial charge in [-0.05, 0) is 104 Å². The van der Waals surface area contributed by atoms with E-state index in [4.69, 9.17) is 16.3 Å². The molecule has 4 saturated carbocycles. The highest BCUT2D eigenvalue weighted by atomic mass is 19.4. The van der Waals surface area contributed by atoms with Crippen LogP contribution in [0.5, 0.6) is 5.75 Å². The van der Waals surface area contributed by atoms with Gasteiger partial charge in [0.25, 0.3) is 0 Å². The molecule has 0 amide bonds. The Bertz CT molecular complexity index is 1070. The number of benzene rings is 1. The van der Waals surface area contributed by atoms with E-state index in [1.165, 1.54) is 49.2 Å². The quantitative estimate of drug-likeness (QED) is 0.234. The SMILES string of the molecule is COCC12CCC(C)CC1CCC1C3CCC(C(=O)CN(N)c4cccc(OC(F)(F)F)c4N)C3(C)CCC12. The van der Waals surface area contributed by atoms with Crippen LogP contribution < -0.4 is 21.3 Å². The van der Waals surface area contributed by atoms with Crippen LogP contribution in [0.1, 0.15) is 71.6 Å². The summed E-state index contributed by atoms with van der Waals surface area (Å²) in [7, 11) is 1.85. The molecule has 0 saturated heterocycles. The van der Waals surface area contributed by atoms with Crippen LogP contribution in [0.15, 0.2) is 18.2 Å². The van der Waals surface area contributed by atoms with Crippen LogP contribution in [0.25, 0.3) is 0 Å². The summed E-state index contributed by atoms with van der Waals surface area (Å²) in [6, 6.07) is 4.04. The Morgan fingerprint density at radius 3 is 2.59 bits per heavy atom. The average Bonchev–Trinajstić information content (AvgIpc) is 3.22. The van der Waals surface area contributed by atoms with Crippen LogP contribution in [-0.4, -0.2) is 32.4 Å². The molecule has 39 heavy (non-hydrogen) atoms. The number of hydrogen-bond acceptors (Lipinski definition) is 6. The highest BCUT2D eigenvalue weighted by Crippen LogP contribution is 2.68. The Morgan fingerprint density at radius 1 is 1.10 bits per heavy atom. The van der Waals surface area contributed by atoms with E-state index in [1.807, 2.05) is 7.11 Å². The van der Waals surface area contributed by atoms with Gasteiger partial charge in [-0.15, -0.1) is 13.2 Å². The smallest absolute Gasteiger partial charge is 0.403 e. The molecule has 4 N–H and O–H groups in total. The molecule has 0 spiro atoms. The summed E-state index contributed by atoms with van der Waals surface area (Å²) in [5.74, 6) is 8.91. The van der Waals surface area contributed by atoms with Crippen LogP contribution in [0, 0.1) is 46.3 Å². The van der Waals surface area contributed by atoms with Gasteiger partial charge in [0, 0.05) is 13.0 Å². The molecule has 5 rings (SSSR count). The van der Waals surface area contributed by atoms with E-state index in [0.29, 0.717) is 17.8 Å². The van der Waals surface area contributed by atoms with Crippen molar-refractivity contribution >= 4 is 17.2 Å². The fourth-order valence-electron chi connectivity index (χ4n) is 9.70. The van der Waals surface area contributed by atoms with Crippen molar-refractivity contribution in [2.24, 2.45) is 52.2 Å². The number of para-hydroxylation sites is 1. The molecule has 0 bridgehead atoms. The second kappa shape index (κ2) is 10.4. The minimum Gasteiger partial charge on any atom is -0.403 e. The number of fused-ring (bicyclic) bond motifs is 5. The summed E-state index contributed by atoms with van der Waals surface area (Å²) >= 11 is 0. The third-order valence-corrected chi connectivity index (χ3v) is 11.3. The molecule has 6 nitrogen and oxygen atoms in total. The predicted octanol–water partition coefficient (Wildman–Crippen LogP) is 6.34. The normalized spacial score (nSPS) is 37.9. The summed E-state index contributed by atoms with van der Waals surface area (Å²) in [4.78, 5) is 13.7. The summed E-state index contributed by atoms with van der Waals surface area (Å²) in [6.45, 7) is 5.43. The van der Waals surface area contributed by atoms with Crippen molar-refractivity contribution in [3.8, 4) is 5.75 Å². The molecule has 0 radical (unpaired) electrons. The van der Waals surface area contributed by atoms with Crippen LogP contribution in [0.2, 0.25) is 0 Å². The zero-order valence-corrected chi connectivity index (χ0v) is 23.4. The molecule has 8 unspecified atom stereocenters. The minimum absolute atomic E-state index is 0.0364. The third-order valence-electron chi connectivity index (χ3n) is 11.3. The zero-order chi connectivity index (χ0) is 28.2. The van der Waals surface area contributed by atoms with E-state index in [9.17, 15) is 18.0 Å². The number of ether oxygens (including phenoxy) is 2. The van der Waals surface area contributed by atoms with E-state index in [1.54, 1.807) is 0 Å². The molecule has 0 aliphatic heterocycles. The van der Waals surface area contributed by atoms with Gasteiger partial charge in [0.1, 0.15) is 0 Å². The van der Waals surface area contributed by atoms with Crippen molar-refractivity contribution in [1.29, 1.82) is 0 Å². The molecule has 0 heterocycles. The first-order valence-corrected chi connectivity index (χ1v) is 14.6. The van der Waals surface area contributed by atoms with Gasteiger partial charge < -0.3 is 20.2 Å². The number of methoxy groups -OCH3 is 1. The van der Waals surface area contributed by atoms with Gasteiger partial charge in [0.2, 0.25) is 0 Å². The third kappa shape index (κ3) is 5.03. The van der Waals surface area contributed by atoms with Gasteiger partial charge in [-0.25, -0.2) is 5.84 Å². The molecular weight excluding hydrogens is 507 g/mol. The van der Waals surface area contributed by atoms with Crippen LogP contribution in [0.4, 0.5) is 24.5 Å². The maximum Gasteiger partial charge on any atom is 0.573 e. The Morgan fingerprint density at radius 2 is 1.87 bits per heavy atom. The zero-order valence-electron chi connectivity index (χ0n) is 23.4. The van der Waals surface area contributed by atoms with E-state index < -0.39 is 12.1 Å². The number of ketones is 1. The Labute approximate surface area is 229 Å². The summed E-state index contributed by atoms with van der Waals surface area (Å²) in [5.41, 5.74) is 6.05. The lowest BCUT2D eigenvalue weighted by Gasteiger charge is -2.62. The molecule has 0 aromatic heterocycles. The van der Waals surface area contributed by atoms with E-state index in [0.717, 1.165) is 50.2 Å². The summed E-state index contributed by atoms with van der Waals surface area (Å²) in [6.07, 6.45) is 5.48. The van der Waals surface area contributed by atoms with Crippen LogP contribution >= 0.6 is 0 Å². The number of nitrogen functional groups attached to an aromatic ring is 1. The number of rotatable bonds is 7. The van der Waals surface area contributed by atoms with Crippen molar-refractivity contribution in [3.05, 3.63) is 18.2 Å². The van der Waals surface area contributed by atoms with Crippen molar-refractivity contribution < 1.29 is 27.4 Å². The van der Waals surface area contributed by atoms with Gasteiger partial charge in [0.15, 0.2) is 11.5 Å². The van der Waals surface area contributed by atoms with Gasteiger partial charge in [-0.2, -0.15) is 0 Å². The molecule has 4 aliphatic rings. The monoisotopic (exact) mass is 551 g/mol. The van der Waals surface area contributed by atoms with Gasteiger partial charge in [0.05, 0.1) is 24.5 Å². The summed E-state index contributed by atoms with van der Waals surface area (Å²) < 4.78 is 48.3. The molecule has 4 aliphatic carbocycles. The minimum atomic E-state index is -4.87. The maximum absolute atomic E-state index is 13.7. The Hall–Kier alpha value is -2.00. The maximum atomic E-state index is 13.7. The summed E-state index contributed by atoms with van der Waals surface area (Å²) in [5, 5.41) is 1.17. The van der Waals surface area contributed by atoms with Crippen molar-refractivity contribution in [2.75, 3.05) is 31.0 Å². The lowest BCUT2D eigenvalue weighted by Crippen LogP contribution is -2.56. The van der Waals surface area contributed by atoms with E-state index in [-0.39, 0.29) is 40.5 Å². The molecule has 1 aromatic carbocycles. The first-order chi connectivity index (χ1) is 18.4. The van der Waals surface area contributed by atoms with Crippen LogP contribution in [0.3, 0.4) is 0 Å². The number of anilines is 2. The number of hydrazine groups is 1. The van der Waals surface area contributed by atoms with Crippen molar-refractivity contribution in [2.45, 2.75) is 78.0 Å². The fourth-order valence-corrected chi connectivity index (χ4v) is 9.70. The number of carbonyl (C=O) groups excluding carboxylic acids is 1. The molecule has 1 aromatic rings. The topological polar surface area (TPSA) is 90.8 Å². The highest BCUT2D eigenvalue weighted by molar-refractivity contribution is 5.88. The number of nitrogens with zero attached hydrogens (tertiary/aromatic N) is 1. The lowest BCUT2D eigenvalue weighted by atomic mass is 9.44. The molecular formula is C30H44F3N3O3. The number of alkyl halides is 3. The van der Waals surface area contributed by atoms with Crippen molar-refractivity contribution in [1.82, 2.24) is 0 Å². The average molecular weight is 552 g/mol. The second-order valence-electron chi connectivity index (χ2n) is 13.2. The van der Waals surface area contributed by atoms with Gasteiger partial charge >= 0.3 is 6.36 Å². The van der Waals surface area contributed by atoms with E-state index in [2.05, 4.69) is 18.6 Å². The number of Topliss-reactive ketones (excluding diaryl/α,β-unsaturated/α-hetero) is 1. The van der Waals surface area contributed by atoms with Crippen LogP contribution in [-0.2, 0) is 9.53 Å². The Balaban J connectivity index is 1.31. The number of carbonyl (C=O) groups is 1. The predicted molar refractivity (Wildman–Crippen MR) is 145 cm³/mol. The number of nitrogens with two attached hydrogens (primary N) is 2. The highest BCUT2D eigenvalue weighted by Gasteiger charge is 2.62. The Kier molecular flexibility index (Phi) is 7.63. The lowest BCUT2D eigenvalue weighted by molar-refractivity contribution is -0.274. The first kappa shape index (κ1) is 28.5.